The van der Waals surface area contributed by atoms with Gasteiger partial charge < -0.3 is 9.47 Å². The Hall–Kier alpha value is -1.84. The van der Waals surface area contributed by atoms with Gasteiger partial charge in [-0.1, -0.05) is 12.1 Å². The number of benzene rings is 1. The summed E-state index contributed by atoms with van der Waals surface area (Å²) in [7, 11) is 2.99. The molecule has 1 aromatic carbocycles. The predicted molar refractivity (Wildman–Crippen MR) is 48.5 cm³/mol. The van der Waals surface area contributed by atoms with E-state index in [1.54, 1.807) is 12.1 Å². The fraction of sp³-hybridized carbons (Fsp3) is 0.100. The average Bonchev–Trinajstić information content (AvgIpc) is 2.16. The molecule has 1 aromatic rings. The molecule has 0 aliphatic rings. The average molecular weight is 193 g/mol. The first-order valence-corrected chi connectivity index (χ1v) is 3.89. The van der Waals surface area contributed by atoms with Gasteiger partial charge in [-0.15, -0.1) is 0 Å². The van der Waals surface area contributed by atoms with Gasteiger partial charge in [-0.3, -0.25) is 4.79 Å². The number of hydrogen-bond acceptors (Lipinski definition) is 4. The zero-order chi connectivity index (χ0) is 10.6. The third-order valence-electron chi connectivity index (χ3n) is 1.49. The Labute approximate surface area is 81.4 Å². The molecule has 0 aliphatic carbocycles. The molecule has 0 unspecified atom stereocenters. The van der Waals surface area contributed by atoms with Crippen LogP contribution in [-0.4, -0.2) is 11.9 Å². The van der Waals surface area contributed by atoms with Crippen LogP contribution in [0.3, 0.4) is 0 Å². The van der Waals surface area contributed by atoms with Gasteiger partial charge in [0.2, 0.25) is 0 Å². The van der Waals surface area contributed by atoms with Gasteiger partial charge in [-0.05, 0) is 12.1 Å². The molecule has 0 saturated carbocycles. The van der Waals surface area contributed by atoms with Crippen LogP contribution >= 0.6 is 0 Å². The topological polar surface area (TPSA) is 52.6 Å². The van der Waals surface area contributed by atoms with Crippen molar-refractivity contribution in [2.75, 3.05) is 0 Å². The van der Waals surface area contributed by atoms with Crippen molar-refractivity contribution >= 4 is 11.9 Å². The van der Waals surface area contributed by atoms with Crippen LogP contribution in [0.25, 0.3) is 0 Å². The maximum absolute atomic E-state index is 11.1. The molecule has 0 aromatic heterocycles. The second-order valence-electron chi connectivity index (χ2n) is 2.52. The highest BCUT2D eigenvalue weighted by Crippen LogP contribution is 2.18. The zero-order valence-electron chi connectivity index (χ0n) is 7.65. The molecule has 73 valence electrons. The van der Waals surface area contributed by atoms with Crippen molar-refractivity contribution in [1.29, 1.82) is 0 Å². The van der Waals surface area contributed by atoms with Gasteiger partial charge in [0.25, 0.3) is 0 Å². The predicted octanol–water partition coefficient (Wildman–Crippen LogP) is 1.56. The van der Waals surface area contributed by atoms with E-state index < -0.39 is 11.9 Å². The lowest BCUT2D eigenvalue weighted by Crippen LogP contribution is -2.08. The van der Waals surface area contributed by atoms with E-state index in [4.69, 9.17) is 4.74 Å². The van der Waals surface area contributed by atoms with E-state index in [0.29, 0.717) is 0 Å². The van der Waals surface area contributed by atoms with E-state index in [0.717, 1.165) is 0 Å². The molecule has 0 saturated heterocycles. The van der Waals surface area contributed by atoms with Gasteiger partial charge >= 0.3 is 11.9 Å². The Morgan fingerprint density at radius 2 is 1.93 bits per heavy atom. The van der Waals surface area contributed by atoms with Gasteiger partial charge in [-0.2, -0.15) is 0 Å². The van der Waals surface area contributed by atoms with Crippen LogP contribution in [0.1, 0.15) is 17.3 Å². The van der Waals surface area contributed by atoms with Gasteiger partial charge in [0, 0.05) is 6.92 Å². The van der Waals surface area contributed by atoms with Gasteiger partial charge in [0.05, 0.1) is 0 Å². The van der Waals surface area contributed by atoms with E-state index in [1.165, 1.54) is 19.1 Å². The lowest BCUT2D eigenvalue weighted by molar-refractivity contribution is -0.131. The molecule has 1 radical (unpaired) electrons. The summed E-state index contributed by atoms with van der Waals surface area (Å²) < 4.78 is 9.08. The minimum Gasteiger partial charge on any atom is -0.458 e. The first-order chi connectivity index (χ1) is 6.65. The lowest BCUT2D eigenvalue weighted by atomic mass is 10.2. The molecular weight excluding hydrogens is 184 g/mol. The second-order valence-corrected chi connectivity index (χ2v) is 2.52. The minimum atomic E-state index is -0.637. The molecule has 14 heavy (non-hydrogen) atoms. The summed E-state index contributed by atoms with van der Waals surface area (Å²) in [6.07, 6.45) is 0. The number of esters is 2. The summed E-state index contributed by atoms with van der Waals surface area (Å²) in [6, 6.07) is 6.29. The lowest BCUT2D eigenvalue weighted by Gasteiger charge is -2.05. The molecule has 0 atom stereocenters. The molecule has 0 heterocycles. The van der Waals surface area contributed by atoms with Crippen LogP contribution < -0.4 is 4.74 Å². The van der Waals surface area contributed by atoms with Crippen LogP contribution in [0.15, 0.2) is 24.3 Å². The summed E-state index contributed by atoms with van der Waals surface area (Å²) in [6.45, 7) is 1.26. The van der Waals surface area contributed by atoms with Crippen LogP contribution in [-0.2, 0) is 9.53 Å². The third-order valence-corrected chi connectivity index (χ3v) is 1.49. The number of hydrogen-bond donors (Lipinski definition) is 0. The van der Waals surface area contributed by atoms with Crippen LogP contribution in [0, 0.1) is 7.11 Å². The first kappa shape index (κ1) is 10.2. The number of rotatable bonds is 2. The van der Waals surface area contributed by atoms with Crippen molar-refractivity contribution in [1.82, 2.24) is 0 Å². The smallest absolute Gasteiger partial charge is 0.342 e. The van der Waals surface area contributed by atoms with Gasteiger partial charge in [0.15, 0.2) is 0 Å². The van der Waals surface area contributed by atoms with Crippen molar-refractivity contribution in [3.05, 3.63) is 36.9 Å². The normalized spacial score (nSPS) is 9.29. The fourth-order valence-corrected chi connectivity index (χ4v) is 0.957. The molecule has 0 N–H and O–H groups in total. The first-order valence-electron chi connectivity index (χ1n) is 3.89. The molecule has 4 heteroatoms. The summed E-state index contributed by atoms with van der Waals surface area (Å²) in [4.78, 5) is 21.8. The summed E-state index contributed by atoms with van der Waals surface area (Å²) in [5.74, 6) is -0.954. The number of carbonyl (C=O) groups is 2. The van der Waals surface area contributed by atoms with Crippen molar-refractivity contribution in [3.63, 3.8) is 0 Å². The highest BCUT2D eigenvalue weighted by atomic mass is 16.5. The summed E-state index contributed by atoms with van der Waals surface area (Å²) in [5, 5.41) is 0. The third kappa shape index (κ3) is 2.32. The number of carbonyl (C=O) groups excluding carboxylic acids is 2. The molecule has 4 nitrogen and oxygen atoms in total. The van der Waals surface area contributed by atoms with Crippen molar-refractivity contribution in [2.24, 2.45) is 0 Å². The van der Waals surface area contributed by atoms with Crippen molar-refractivity contribution in [2.45, 2.75) is 6.92 Å². The Balaban J connectivity index is 3.02. The van der Waals surface area contributed by atoms with E-state index in [2.05, 4.69) is 11.8 Å². The molecule has 0 fully saturated rings. The number of ether oxygens (including phenoxy) is 2. The second kappa shape index (κ2) is 4.41. The molecular formula is C10H9O4. The Kier molecular flexibility index (Phi) is 3.23. The zero-order valence-corrected chi connectivity index (χ0v) is 7.65. The monoisotopic (exact) mass is 193 g/mol. The van der Waals surface area contributed by atoms with Crippen LogP contribution in [0.2, 0.25) is 0 Å². The van der Waals surface area contributed by atoms with Crippen LogP contribution in [0.5, 0.6) is 5.75 Å². The standard InChI is InChI=1S/C10H9O4/c1-7(11)14-9-6-4-3-5-8(9)10(12)13-2/h3-6H,2H2,1H3. The Morgan fingerprint density at radius 3 is 2.50 bits per heavy atom. The van der Waals surface area contributed by atoms with Crippen molar-refractivity contribution < 1.29 is 19.1 Å². The number of para-hydroxylation sites is 1. The Morgan fingerprint density at radius 1 is 1.29 bits per heavy atom. The fourth-order valence-electron chi connectivity index (χ4n) is 0.957. The molecule has 0 amide bonds. The van der Waals surface area contributed by atoms with Gasteiger partial charge in [0.1, 0.15) is 18.4 Å². The Bertz CT molecular complexity index is 357. The molecule has 0 aliphatic heterocycles. The van der Waals surface area contributed by atoms with Gasteiger partial charge in [-0.25, -0.2) is 4.79 Å². The minimum absolute atomic E-state index is 0.175. The summed E-state index contributed by atoms with van der Waals surface area (Å²) >= 11 is 0. The highest BCUT2D eigenvalue weighted by molar-refractivity contribution is 5.93. The largest absolute Gasteiger partial charge is 0.458 e. The SMILES string of the molecule is [CH2]OC(=O)c1ccccc1OC(C)=O. The van der Waals surface area contributed by atoms with E-state index in [9.17, 15) is 9.59 Å². The highest BCUT2D eigenvalue weighted by Gasteiger charge is 2.13. The molecule has 0 bridgehead atoms. The molecule has 0 spiro atoms. The van der Waals surface area contributed by atoms with E-state index in [-0.39, 0.29) is 11.3 Å². The molecule has 1 rings (SSSR count). The van der Waals surface area contributed by atoms with E-state index >= 15 is 0 Å². The summed E-state index contributed by atoms with van der Waals surface area (Å²) in [5.41, 5.74) is 0.178. The maximum Gasteiger partial charge on any atom is 0.342 e. The quantitative estimate of drug-likeness (QED) is 0.528. The maximum atomic E-state index is 11.1. The van der Waals surface area contributed by atoms with E-state index in [1.807, 2.05) is 0 Å². The van der Waals surface area contributed by atoms with Crippen molar-refractivity contribution in [3.8, 4) is 5.75 Å². The van der Waals surface area contributed by atoms with Crippen LogP contribution in [0.4, 0.5) is 0 Å².